The van der Waals surface area contributed by atoms with E-state index in [2.05, 4.69) is 15.6 Å². The van der Waals surface area contributed by atoms with Crippen molar-refractivity contribution in [2.24, 2.45) is 0 Å². The number of methoxy groups -OCH3 is 1. The van der Waals surface area contributed by atoms with Crippen molar-refractivity contribution in [3.8, 4) is 0 Å². The van der Waals surface area contributed by atoms with E-state index in [1.807, 2.05) is 18.2 Å². The van der Waals surface area contributed by atoms with Gasteiger partial charge in [-0.05, 0) is 36.6 Å². The first-order chi connectivity index (χ1) is 12.6. The molecule has 0 radical (unpaired) electrons. The highest BCUT2D eigenvalue weighted by molar-refractivity contribution is 6.30. The zero-order valence-corrected chi connectivity index (χ0v) is 15.4. The molecule has 2 N–H and O–H groups in total. The Morgan fingerprint density at radius 1 is 1.08 bits per heavy atom. The van der Waals surface area contributed by atoms with Gasteiger partial charge in [0.2, 0.25) is 0 Å². The molecule has 7 heteroatoms. The van der Waals surface area contributed by atoms with Gasteiger partial charge in [-0.25, -0.2) is 0 Å². The second-order valence-corrected chi connectivity index (χ2v) is 6.14. The molecule has 0 atom stereocenters. The second-order valence-electron chi connectivity index (χ2n) is 5.70. The van der Waals surface area contributed by atoms with Crippen LogP contribution < -0.4 is 10.6 Å². The van der Waals surface area contributed by atoms with E-state index in [0.29, 0.717) is 42.3 Å². The largest absolute Gasteiger partial charge is 0.385 e. The van der Waals surface area contributed by atoms with Gasteiger partial charge in [0.15, 0.2) is 0 Å². The molecule has 0 aliphatic carbocycles. The van der Waals surface area contributed by atoms with E-state index in [0.717, 1.165) is 12.0 Å². The van der Waals surface area contributed by atoms with Crippen LogP contribution in [0.4, 0.5) is 0 Å². The van der Waals surface area contributed by atoms with E-state index >= 15 is 0 Å². The summed E-state index contributed by atoms with van der Waals surface area (Å²) in [4.78, 5) is 28.3. The fourth-order valence-electron chi connectivity index (χ4n) is 2.32. The van der Waals surface area contributed by atoms with E-state index in [-0.39, 0.29) is 11.8 Å². The summed E-state index contributed by atoms with van der Waals surface area (Å²) in [6, 6.07) is 9.03. The van der Waals surface area contributed by atoms with Crippen molar-refractivity contribution in [2.45, 2.75) is 12.8 Å². The summed E-state index contributed by atoms with van der Waals surface area (Å²) in [6.45, 7) is 1.54. The van der Waals surface area contributed by atoms with Gasteiger partial charge in [-0.15, -0.1) is 0 Å². The number of benzene rings is 1. The molecule has 0 unspecified atom stereocenters. The number of carbonyl (C=O) groups excluding carboxylic acids is 2. The number of nitrogens with one attached hydrogen (secondary N) is 2. The predicted octanol–water partition coefficient (Wildman–Crippen LogP) is 2.47. The Bertz CT molecular complexity index is 752. The zero-order valence-electron chi connectivity index (χ0n) is 14.6. The first-order valence-corrected chi connectivity index (χ1v) is 8.73. The van der Waals surface area contributed by atoms with Gasteiger partial charge in [-0.1, -0.05) is 23.7 Å². The predicted molar refractivity (Wildman–Crippen MR) is 101 cm³/mol. The van der Waals surface area contributed by atoms with Crippen molar-refractivity contribution in [3.05, 3.63) is 64.4 Å². The average molecular weight is 376 g/mol. The number of hydrogen-bond donors (Lipinski definition) is 2. The Balaban J connectivity index is 1.85. The van der Waals surface area contributed by atoms with Crippen LogP contribution >= 0.6 is 11.6 Å². The van der Waals surface area contributed by atoms with Crippen molar-refractivity contribution in [2.75, 3.05) is 26.8 Å². The van der Waals surface area contributed by atoms with Gasteiger partial charge in [-0.3, -0.25) is 14.6 Å². The third-order valence-electron chi connectivity index (χ3n) is 3.66. The normalized spacial score (nSPS) is 10.4. The third kappa shape index (κ3) is 6.46. The summed E-state index contributed by atoms with van der Waals surface area (Å²) < 4.78 is 4.93. The maximum Gasteiger partial charge on any atom is 0.252 e. The number of nitrogens with zero attached hydrogens (tertiary/aromatic N) is 1. The Kier molecular flexibility index (Phi) is 8.05. The Morgan fingerprint density at radius 3 is 2.42 bits per heavy atom. The van der Waals surface area contributed by atoms with Gasteiger partial charge in [0, 0.05) is 44.2 Å². The summed E-state index contributed by atoms with van der Waals surface area (Å²) in [5, 5.41) is 6.26. The Morgan fingerprint density at radius 2 is 1.77 bits per heavy atom. The van der Waals surface area contributed by atoms with Gasteiger partial charge in [0.25, 0.3) is 11.8 Å². The molecule has 26 heavy (non-hydrogen) atoms. The van der Waals surface area contributed by atoms with E-state index in [1.165, 1.54) is 18.5 Å². The highest BCUT2D eigenvalue weighted by Crippen LogP contribution is 2.10. The molecule has 0 fully saturated rings. The summed E-state index contributed by atoms with van der Waals surface area (Å²) in [5.74, 6) is -0.532. The fourth-order valence-corrected chi connectivity index (χ4v) is 2.54. The fraction of sp³-hybridized carbons (Fsp3) is 0.316. The van der Waals surface area contributed by atoms with E-state index in [1.54, 1.807) is 13.2 Å². The van der Waals surface area contributed by atoms with Gasteiger partial charge in [0.05, 0.1) is 11.1 Å². The number of hydrogen-bond acceptors (Lipinski definition) is 4. The van der Waals surface area contributed by atoms with Gasteiger partial charge in [0.1, 0.15) is 0 Å². The average Bonchev–Trinajstić information content (AvgIpc) is 2.65. The molecular weight excluding hydrogens is 354 g/mol. The van der Waals surface area contributed by atoms with Crippen LogP contribution in [-0.4, -0.2) is 43.6 Å². The number of carbonyl (C=O) groups is 2. The third-order valence-corrected chi connectivity index (χ3v) is 3.90. The van der Waals surface area contributed by atoms with Gasteiger partial charge >= 0.3 is 0 Å². The first-order valence-electron chi connectivity index (χ1n) is 8.35. The molecule has 0 saturated heterocycles. The molecular formula is C19H22ClN3O3. The van der Waals surface area contributed by atoms with Gasteiger partial charge < -0.3 is 15.4 Å². The number of ether oxygens (including phenoxy) is 1. The van der Waals surface area contributed by atoms with Crippen LogP contribution in [0.25, 0.3) is 0 Å². The molecule has 0 bridgehead atoms. The second kappa shape index (κ2) is 10.5. The van der Waals surface area contributed by atoms with Crippen molar-refractivity contribution < 1.29 is 14.3 Å². The summed E-state index contributed by atoms with van der Waals surface area (Å²) in [5.41, 5.74) is 1.74. The van der Waals surface area contributed by atoms with E-state index in [4.69, 9.17) is 16.3 Å². The maximum atomic E-state index is 12.3. The van der Waals surface area contributed by atoms with Crippen LogP contribution in [0.5, 0.6) is 0 Å². The minimum absolute atomic E-state index is 0.262. The molecule has 0 aliphatic rings. The van der Waals surface area contributed by atoms with Crippen LogP contribution in [0.15, 0.2) is 42.7 Å². The monoisotopic (exact) mass is 375 g/mol. The van der Waals surface area contributed by atoms with Crippen LogP contribution in [0.1, 0.15) is 32.7 Å². The molecule has 0 aliphatic heterocycles. The van der Waals surface area contributed by atoms with Crippen LogP contribution in [0.2, 0.25) is 5.02 Å². The Labute approximate surface area is 157 Å². The maximum absolute atomic E-state index is 12.3. The molecule has 0 spiro atoms. The zero-order chi connectivity index (χ0) is 18.8. The summed E-state index contributed by atoms with van der Waals surface area (Å²) in [7, 11) is 1.61. The lowest BCUT2D eigenvalue weighted by atomic mass is 10.1. The summed E-state index contributed by atoms with van der Waals surface area (Å²) >= 11 is 5.94. The van der Waals surface area contributed by atoms with Crippen molar-refractivity contribution in [3.63, 3.8) is 0 Å². The standard InChI is InChI=1S/C19H22ClN3O3/c1-26-9-3-7-22-18(24)15-11-16(13-21-12-15)19(25)23-8-6-14-4-2-5-17(20)10-14/h2,4-5,10-13H,3,6-9H2,1H3,(H,22,24)(H,23,25). The number of pyridine rings is 1. The van der Waals surface area contributed by atoms with Crippen LogP contribution in [0.3, 0.4) is 0 Å². The molecule has 2 aromatic rings. The first kappa shape index (κ1) is 19.9. The van der Waals surface area contributed by atoms with Crippen LogP contribution in [0, 0.1) is 0 Å². The molecule has 138 valence electrons. The number of halogens is 1. The molecule has 2 rings (SSSR count). The smallest absolute Gasteiger partial charge is 0.252 e. The lowest BCUT2D eigenvalue weighted by Crippen LogP contribution is -2.28. The number of amides is 2. The lowest BCUT2D eigenvalue weighted by Gasteiger charge is -2.08. The molecule has 6 nitrogen and oxygen atoms in total. The van der Waals surface area contributed by atoms with Crippen LogP contribution in [-0.2, 0) is 11.2 Å². The van der Waals surface area contributed by atoms with E-state index < -0.39 is 0 Å². The molecule has 2 amide bonds. The van der Waals surface area contributed by atoms with Crippen molar-refractivity contribution in [1.29, 1.82) is 0 Å². The highest BCUT2D eigenvalue weighted by atomic mass is 35.5. The minimum atomic E-state index is -0.270. The Hall–Kier alpha value is -2.44. The molecule has 0 saturated carbocycles. The van der Waals surface area contributed by atoms with Crippen molar-refractivity contribution in [1.82, 2.24) is 15.6 Å². The highest BCUT2D eigenvalue weighted by Gasteiger charge is 2.11. The SMILES string of the molecule is COCCCNC(=O)c1cncc(C(=O)NCCc2cccc(Cl)c2)c1. The van der Waals surface area contributed by atoms with Crippen molar-refractivity contribution >= 4 is 23.4 Å². The molecule has 1 aromatic carbocycles. The van der Waals surface area contributed by atoms with Gasteiger partial charge in [-0.2, -0.15) is 0 Å². The summed E-state index contributed by atoms with van der Waals surface area (Å²) in [6.07, 6.45) is 4.27. The van der Waals surface area contributed by atoms with E-state index in [9.17, 15) is 9.59 Å². The number of rotatable bonds is 9. The topological polar surface area (TPSA) is 80.3 Å². The minimum Gasteiger partial charge on any atom is -0.385 e. The molecule has 1 aromatic heterocycles. The quantitative estimate of drug-likeness (QED) is 0.660. The lowest BCUT2D eigenvalue weighted by molar-refractivity contribution is 0.0948. The number of aromatic nitrogens is 1. The molecule has 1 heterocycles.